The molecular weight excluding hydrogens is 316 g/mol. The van der Waals surface area contributed by atoms with Gasteiger partial charge < -0.3 is 5.32 Å². The van der Waals surface area contributed by atoms with E-state index in [1.807, 2.05) is 41.1 Å². The van der Waals surface area contributed by atoms with Crippen LogP contribution in [0.25, 0.3) is 16.9 Å². The summed E-state index contributed by atoms with van der Waals surface area (Å²) in [4.78, 5) is 20.1. The summed E-state index contributed by atoms with van der Waals surface area (Å²) in [7, 11) is 0. The van der Waals surface area contributed by atoms with Crippen LogP contribution < -0.4 is 5.32 Å². The predicted molar refractivity (Wildman–Crippen MR) is 94.7 cm³/mol. The Hall–Kier alpha value is -3.48. The van der Waals surface area contributed by atoms with Gasteiger partial charge in [-0.05, 0) is 24.6 Å². The highest BCUT2D eigenvalue weighted by Gasteiger charge is 2.11. The molecule has 3 heterocycles. The Labute approximate surface area is 143 Å². The average molecular weight is 332 g/mol. The van der Waals surface area contributed by atoms with Crippen molar-refractivity contribution in [3.8, 4) is 11.3 Å². The van der Waals surface area contributed by atoms with Crippen LogP contribution in [-0.2, 0) is 11.2 Å². The van der Waals surface area contributed by atoms with E-state index in [1.54, 1.807) is 25.5 Å². The number of ketones is 1. The summed E-state index contributed by atoms with van der Waals surface area (Å²) in [5.74, 6) is 0.813. The van der Waals surface area contributed by atoms with Crippen molar-refractivity contribution in [2.45, 2.75) is 13.3 Å². The van der Waals surface area contributed by atoms with Crippen molar-refractivity contribution in [3.05, 3.63) is 60.8 Å². The van der Waals surface area contributed by atoms with E-state index in [2.05, 4.69) is 25.5 Å². The van der Waals surface area contributed by atoms with E-state index < -0.39 is 0 Å². The Bertz CT molecular complexity index is 1020. The summed E-state index contributed by atoms with van der Waals surface area (Å²) >= 11 is 0. The fourth-order valence-corrected chi connectivity index (χ4v) is 2.74. The molecule has 0 radical (unpaired) electrons. The van der Waals surface area contributed by atoms with Crippen molar-refractivity contribution in [2.75, 3.05) is 5.32 Å². The summed E-state index contributed by atoms with van der Waals surface area (Å²) in [6.07, 6.45) is 9.42. The normalized spacial score (nSPS) is 10.9. The molecule has 0 fully saturated rings. The minimum absolute atomic E-state index is 0.149. The molecular formula is C18H16N6O. The van der Waals surface area contributed by atoms with Gasteiger partial charge in [0.15, 0.2) is 11.5 Å². The van der Waals surface area contributed by atoms with Crippen molar-refractivity contribution in [2.24, 2.45) is 0 Å². The molecule has 0 spiro atoms. The Morgan fingerprint density at radius 1 is 1.20 bits per heavy atom. The lowest BCUT2D eigenvalue weighted by molar-refractivity contribution is -0.116. The quantitative estimate of drug-likeness (QED) is 0.586. The number of imidazole rings is 1. The van der Waals surface area contributed by atoms with Crippen molar-refractivity contribution >= 4 is 22.9 Å². The van der Waals surface area contributed by atoms with E-state index in [9.17, 15) is 4.79 Å². The van der Waals surface area contributed by atoms with E-state index in [0.29, 0.717) is 12.2 Å². The monoisotopic (exact) mass is 332 g/mol. The molecule has 4 aromatic rings. The first-order chi connectivity index (χ1) is 12.2. The van der Waals surface area contributed by atoms with Gasteiger partial charge in [-0.25, -0.2) is 9.97 Å². The third-order valence-corrected chi connectivity index (χ3v) is 3.89. The van der Waals surface area contributed by atoms with E-state index in [0.717, 1.165) is 28.2 Å². The maximum Gasteiger partial charge on any atom is 0.180 e. The number of hydrogen-bond donors (Lipinski definition) is 2. The molecule has 0 saturated carbocycles. The van der Waals surface area contributed by atoms with Crippen LogP contribution in [0, 0.1) is 0 Å². The van der Waals surface area contributed by atoms with Gasteiger partial charge in [0.05, 0.1) is 18.1 Å². The number of aromatic nitrogens is 5. The van der Waals surface area contributed by atoms with Gasteiger partial charge in [0.2, 0.25) is 0 Å². The number of carbonyl (C=O) groups excluding carboxylic acids is 1. The van der Waals surface area contributed by atoms with Crippen LogP contribution in [0.2, 0.25) is 0 Å². The lowest BCUT2D eigenvalue weighted by atomic mass is 10.1. The Balaban J connectivity index is 1.65. The van der Waals surface area contributed by atoms with Gasteiger partial charge in [-0.2, -0.15) is 5.10 Å². The number of aromatic amines is 1. The largest absolute Gasteiger partial charge is 0.337 e. The highest BCUT2D eigenvalue weighted by molar-refractivity contribution is 5.78. The van der Waals surface area contributed by atoms with Gasteiger partial charge in [0.25, 0.3) is 0 Å². The summed E-state index contributed by atoms with van der Waals surface area (Å²) < 4.78 is 1.96. The van der Waals surface area contributed by atoms with Gasteiger partial charge in [0, 0.05) is 36.3 Å². The zero-order chi connectivity index (χ0) is 17.2. The highest BCUT2D eigenvalue weighted by Crippen LogP contribution is 2.24. The first-order valence-corrected chi connectivity index (χ1v) is 7.87. The number of carbonyl (C=O) groups is 1. The Morgan fingerprint density at radius 3 is 2.76 bits per heavy atom. The first kappa shape index (κ1) is 15.1. The number of hydrogen-bond acceptors (Lipinski definition) is 5. The van der Waals surface area contributed by atoms with Crippen LogP contribution in [-0.4, -0.2) is 30.3 Å². The van der Waals surface area contributed by atoms with Crippen LogP contribution >= 0.6 is 0 Å². The Morgan fingerprint density at radius 2 is 2.04 bits per heavy atom. The number of Topliss-reactive ketones (excluding diaryl/α,β-unsaturated/α-hetero) is 1. The predicted octanol–water partition coefficient (Wildman–Crippen LogP) is 2.99. The summed E-state index contributed by atoms with van der Waals surface area (Å²) in [5, 5.41) is 10.1. The van der Waals surface area contributed by atoms with Crippen LogP contribution in [0.15, 0.2) is 55.2 Å². The first-order valence-electron chi connectivity index (χ1n) is 7.87. The second-order valence-corrected chi connectivity index (χ2v) is 5.80. The van der Waals surface area contributed by atoms with Gasteiger partial charge in [0.1, 0.15) is 5.78 Å². The van der Waals surface area contributed by atoms with Crippen LogP contribution in [0.3, 0.4) is 0 Å². The van der Waals surface area contributed by atoms with Gasteiger partial charge >= 0.3 is 0 Å². The number of nitrogens with one attached hydrogen (secondary N) is 2. The summed E-state index contributed by atoms with van der Waals surface area (Å²) in [6.45, 7) is 1.59. The molecule has 7 nitrogen and oxygen atoms in total. The molecule has 0 bridgehead atoms. The smallest absolute Gasteiger partial charge is 0.180 e. The molecule has 2 N–H and O–H groups in total. The van der Waals surface area contributed by atoms with Gasteiger partial charge in [-0.3, -0.25) is 14.3 Å². The molecule has 0 aliphatic rings. The molecule has 0 saturated heterocycles. The van der Waals surface area contributed by atoms with E-state index in [1.165, 1.54) is 0 Å². The summed E-state index contributed by atoms with van der Waals surface area (Å²) in [6, 6.07) is 7.74. The molecule has 0 aliphatic heterocycles. The standard InChI is InChI=1S/C18H16N6O/c1-12(25)8-13-2-4-15(5-3-13)23-17-18-19-6-7-24(18)16(11-20-17)14-9-21-22-10-14/h2-7,9-11H,8H2,1H3,(H,20,23)(H,21,22). The minimum Gasteiger partial charge on any atom is -0.337 e. The molecule has 0 unspecified atom stereocenters. The van der Waals surface area contributed by atoms with E-state index in [-0.39, 0.29) is 5.78 Å². The molecule has 0 atom stereocenters. The van der Waals surface area contributed by atoms with Gasteiger partial charge in [-0.15, -0.1) is 0 Å². The molecule has 25 heavy (non-hydrogen) atoms. The zero-order valence-corrected chi connectivity index (χ0v) is 13.6. The minimum atomic E-state index is 0.149. The maximum atomic E-state index is 11.2. The van der Waals surface area contributed by atoms with Crippen molar-refractivity contribution in [1.29, 1.82) is 0 Å². The third-order valence-electron chi connectivity index (χ3n) is 3.89. The van der Waals surface area contributed by atoms with Crippen LogP contribution in [0.4, 0.5) is 11.5 Å². The average Bonchev–Trinajstić information content (AvgIpc) is 3.28. The molecule has 4 rings (SSSR count). The number of rotatable bonds is 5. The fraction of sp³-hybridized carbons (Fsp3) is 0.111. The van der Waals surface area contributed by atoms with E-state index in [4.69, 9.17) is 0 Å². The molecule has 0 aliphatic carbocycles. The fourth-order valence-electron chi connectivity index (χ4n) is 2.74. The van der Waals surface area contributed by atoms with Gasteiger partial charge in [-0.1, -0.05) is 12.1 Å². The topological polar surface area (TPSA) is 88.0 Å². The summed E-state index contributed by atoms with van der Waals surface area (Å²) in [5.41, 5.74) is 4.46. The highest BCUT2D eigenvalue weighted by atomic mass is 16.1. The van der Waals surface area contributed by atoms with Crippen molar-refractivity contribution < 1.29 is 4.79 Å². The van der Waals surface area contributed by atoms with Crippen molar-refractivity contribution in [1.82, 2.24) is 24.6 Å². The molecule has 1 aromatic carbocycles. The molecule has 3 aromatic heterocycles. The van der Waals surface area contributed by atoms with Crippen LogP contribution in [0.1, 0.15) is 12.5 Å². The number of benzene rings is 1. The third kappa shape index (κ3) is 2.99. The Kier molecular flexibility index (Phi) is 3.74. The van der Waals surface area contributed by atoms with Crippen LogP contribution in [0.5, 0.6) is 0 Å². The molecule has 0 amide bonds. The number of fused-ring (bicyclic) bond motifs is 1. The van der Waals surface area contributed by atoms with E-state index >= 15 is 0 Å². The lowest BCUT2D eigenvalue weighted by Gasteiger charge is -2.10. The lowest BCUT2D eigenvalue weighted by Crippen LogP contribution is -2.01. The van der Waals surface area contributed by atoms with Crippen molar-refractivity contribution in [3.63, 3.8) is 0 Å². The molecule has 7 heteroatoms. The second kappa shape index (κ2) is 6.20. The second-order valence-electron chi connectivity index (χ2n) is 5.80. The number of anilines is 2. The number of nitrogens with zero attached hydrogens (tertiary/aromatic N) is 4. The molecule has 124 valence electrons. The zero-order valence-electron chi connectivity index (χ0n) is 13.6. The maximum absolute atomic E-state index is 11.2. The number of H-pyrrole nitrogens is 1. The SMILES string of the molecule is CC(=O)Cc1ccc(Nc2ncc(-c3cn[nH]c3)n3ccnc23)cc1.